The Balaban J connectivity index is 1.37. The second kappa shape index (κ2) is 9.47. The number of amides is 1. The Hall–Kier alpha value is -2.61. The number of anilines is 1. The molecule has 0 aliphatic carbocycles. The molecule has 150 valence electrons. The molecule has 0 atom stereocenters. The fourth-order valence-electron chi connectivity index (χ4n) is 2.78. The summed E-state index contributed by atoms with van der Waals surface area (Å²) in [6, 6.07) is 25.0. The topological polar surface area (TPSA) is 41.6 Å². The van der Waals surface area contributed by atoms with Crippen LogP contribution in [0.15, 0.2) is 88.2 Å². The first-order valence-electron chi connectivity index (χ1n) is 9.16. The van der Waals surface area contributed by atoms with Gasteiger partial charge in [0.2, 0.25) is 0 Å². The van der Waals surface area contributed by atoms with Crippen LogP contribution in [0.2, 0.25) is 0 Å². The van der Waals surface area contributed by atoms with E-state index >= 15 is 0 Å². The second-order valence-corrected chi connectivity index (χ2v) is 9.03. The number of thiocarbonyl (C=S) groups is 1. The van der Waals surface area contributed by atoms with Crippen LogP contribution < -0.4 is 10.1 Å². The SMILES string of the molecule is O=C1/C(=C/c2ccc(Br)cc2)SC(=S)N1CNc1ccc(Oc2ccccc2)cc1. The molecule has 4 rings (SSSR count). The minimum absolute atomic E-state index is 0.0931. The van der Waals surface area contributed by atoms with Crippen LogP contribution in [0.5, 0.6) is 11.5 Å². The summed E-state index contributed by atoms with van der Waals surface area (Å²) in [5.74, 6) is 1.44. The molecule has 1 amide bonds. The first kappa shape index (κ1) is 20.7. The number of hydrogen-bond donors (Lipinski definition) is 1. The van der Waals surface area contributed by atoms with Gasteiger partial charge in [-0.05, 0) is 60.2 Å². The summed E-state index contributed by atoms with van der Waals surface area (Å²) in [5.41, 5.74) is 1.84. The summed E-state index contributed by atoms with van der Waals surface area (Å²) in [4.78, 5) is 14.9. The molecule has 1 fully saturated rings. The van der Waals surface area contributed by atoms with Gasteiger partial charge in [-0.15, -0.1) is 0 Å². The van der Waals surface area contributed by atoms with E-state index in [-0.39, 0.29) is 5.91 Å². The number of para-hydroxylation sites is 1. The molecule has 0 bridgehead atoms. The van der Waals surface area contributed by atoms with Gasteiger partial charge in [0.25, 0.3) is 5.91 Å². The van der Waals surface area contributed by atoms with Crippen LogP contribution in [-0.4, -0.2) is 21.8 Å². The van der Waals surface area contributed by atoms with Crippen molar-refractivity contribution in [2.24, 2.45) is 0 Å². The molecule has 4 nitrogen and oxygen atoms in total. The van der Waals surface area contributed by atoms with Gasteiger partial charge >= 0.3 is 0 Å². The summed E-state index contributed by atoms with van der Waals surface area (Å²) < 4.78 is 7.33. The molecule has 1 saturated heterocycles. The third-order valence-electron chi connectivity index (χ3n) is 4.32. The van der Waals surface area contributed by atoms with Gasteiger partial charge in [-0.3, -0.25) is 9.69 Å². The van der Waals surface area contributed by atoms with Gasteiger partial charge in [0.15, 0.2) is 0 Å². The number of benzene rings is 3. The fourth-order valence-corrected chi connectivity index (χ4v) is 4.30. The van der Waals surface area contributed by atoms with Crippen molar-refractivity contribution in [2.75, 3.05) is 12.0 Å². The number of carbonyl (C=O) groups excluding carboxylic acids is 1. The van der Waals surface area contributed by atoms with Crippen molar-refractivity contribution in [3.05, 3.63) is 93.8 Å². The Labute approximate surface area is 193 Å². The maximum Gasteiger partial charge on any atom is 0.267 e. The average Bonchev–Trinajstić information content (AvgIpc) is 3.02. The number of nitrogens with zero attached hydrogens (tertiary/aromatic N) is 1. The highest BCUT2D eigenvalue weighted by Gasteiger charge is 2.31. The largest absolute Gasteiger partial charge is 0.457 e. The number of thioether (sulfide) groups is 1. The normalized spacial score (nSPS) is 15.0. The van der Waals surface area contributed by atoms with Gasteiger partial charge in [0, 0.05) is 10.2 Å². The molecule has 0 spiro atoms. The molecule has 0 unspecified atom stereocenters. The van der Waals surface area contributed by atoms with Crippen LogP contribution in [0.3, 0.4) is 0 Å². The van der Waals surface area contributed by atoms with Crippen molar-refractivity contribution in [3.63, 3.8) is 0 Å². The van der Waals surface area contributed by atoms with E-state index < -0.39 is 0 Å². The zero-order valence-electron chi connectivity index (χ0n) is 15.7. The lowest BCUT2D eigenvalue weighted by atomic mass is 10.2. The maximum absolute atomic E-state index is 12.7. The summed E-state index contributed by atoms with van der Waals surface area (Å²) >= 11 is 10.1. The quantitative estimate of drug-likeness (QED) is 0.311. The highest BCUT2D eigenvalue weighted by molar-refractivity contribution is 9.10. The molecule has 0 aromatic heterocycles. The van der Waals surface area contributed by atoms with Crippen LogP contribution in [0.1, 0.15) is 5.56 Å². The molecule has 0 saturated carbocycles. The Kier molecular flexibility index (Phi) is 6.52. The minimum atomic E-state index is -0.0931. The third kappa shape index (κ3) is 5.11. The van der Waals surface area contributed by atoms with Crippen molar-refractivity contribution in [1.82, 2.24) is 4.90 Å². The highest BCUT2D eigenvalue weighted by atomic mass is 79.9. The van der Waals surface area contributed by atoms with Crippen molar-refractivity contribution in [3.8, 4) is 11.5 Å². The van der Waals surface area contributed by atoms with E-state index in [1.807, 2.05) is 84.9 Å². The second-order valence-electron chi connectivity index (χ2n) is 6.44. The number of halogens is 1. The van der Waals surface area contributed by atoms with Crippen molar-refractivity contribution in [1.29, 1.82) is 0 Å². The number of hydrogen-bond acceptors (Lipinski definition) is 5. The number of rotatable bonds is 6. The van der Waals surface area contributed by atoms with E-state index in [4.69, 9.17) is 17.0 Å². The average molecular weight is 497 g/mol. The standard InChI is InChI=1S/C23H17BrN2O2S2/c24-17-8-6-16(7-9-17)14-21-22(27)26(23(29)30-21)15-25-18-10-12-20(13-11-18)28-19-4-2-1-3-5-19/h1-14,25H,15H2/b21-14-. The van der Waals surface area contributed by atoms with Crippen LogP contribution in [0.4, 0.5) is 5.69 Å². The summed E-state index contributed by atoms with van der Waals surface area (Å²) in [5, 5.41) is 3.25. The molecule has 3 aromatic rings. The van der Waals surface area contributed by atoms with Gasteiger partial charge < -0.3 is 10.1 Å². The molecular formula is C23H17BrN2O2S2. The lowest BCUT2D eigenvalue weighted by molar-refractivity contribution is -0.121. The maximum atomic E-state index is 12.7. The molecule has 0 radical (unpaired) electrons. The van der Waals surface area contributed by atoms with Crippen molar-refractivity contribution < 1.29 is 9.53 Å². The zero-order chi connectivity index (χ0) is 20.9. The predicted octanol–water partition coefficient (Wildman–Crippen LogP) is 6.51. The first-order valence-corrected chi connectivity index (χ1v) is 11.2. The van der Waals surface area contributed by atoms with Gasteiger partial charge in [0.1, 0.15) is 15.8 Å². The van der Waals surface area contributed by atoms with Gasteiger partial charge in [-0.2, -0.15) is 0 Å². The number of nitrogens with one attached hydrogen (secondary N) is 1. The summed E-state index contributed by atoms with van der Waals surface area (Å²) in [6.45, 7) is 0.307. The van der Waals surface area contributed by atoms with Gasteiger partial charge in [-0.1, -0.05) is 70.2 Å². The minimum Gasteiger partial charge on any atom is -0.457 e. The number of ether oxygens (including phenoxy) is 1. The Bertz CT molecular complexity index is 1080. The Morgan fingerprint density at radius 1 is 0.967 bits per heavy atom. The monoisotopic (exact) mass is 496 g/mol. The van der Waals surface area contributed by atoms with Crippen molar-refractivity contribution in [2.45, 2.75) is 0 Å². The van der Waals surface area contributed by atoms with E-state index in [1.54, 1.807) is 4.90 Å². The summed E-state index contributed by atoms with van der Waals surface area (Å²) in [6.07, 6.45) is 1.86. The molecular weight excluding hydrogens is 480 g/mol. The van der Waals surface area contributed by atoms with Crippen LogP contribution >= 0.6 is 39.9 Å². The third-order valence-corrected chi connectivity index (χ3v) is 6.22. The van der Waals surface area contributed by atoms with Crippen LogP contribution in [-0.2, 0) is 4.79 Å². The molecule has 1 aliphatic heterocycles. The Morgan fingerprint density at radius 3 is 2.33 bits per heavy atom. The molecule has 1 N–H and O–H groups in total. The molecule has 1 aliphatic rings. The van der Waals surface area contributed by atoms with Crippen molar-refractivity contribution >= 4 is 61.9 Å². The Morgan fingerprint density at radius 2 is 1.63 bits per heavy atom. The lowest BCUT2D eigenvalue weighted by Gasteiger charge is -2.16. The van der Waals surface area contributed by atoms with Gasteiger partial charge in [0.05, 0.1) is 11.6 Å². The van der Waals surface area contributed by atoms with E-state index in [0.717, 1.165) is 27.2 Å². The van der Waals surface area contributed by atoms with E-state index in [2.05, 4.69) is 21.2 Å². The van der Waals surface area contributed by atoms with Gasteiger partial charge in [-0.25, -0.2) is 0 Å². The predicted molar refractivity (Wildman–Crippen MR) is 131 cm³/mol. The van der Waals surface area contributed by atoms with E-state index in [1.165, 1.54) is 11.8 Å². The number of carbonyl (C=O) groups is 1. The molecule has 30 heavy (non-hydrogen) atoms. The van der Waals surface area contributed by atoms with E-state index in [0.29, 0.717) is 15.9 Å². The zero-order valence-corrected chi connectivity index (χ0v) is 19.0. The lowest BCUT2D eigenvalue weighted by Crippen LogP contribution is -2.33. The molecule has 7 heteroatoms. The van der Waals surface area contributed by atoms with Crippen LogP contribution in [0.25, 0.3) is 6.08 Å². The summed E-state index contributed by atoms with van der Waals surface area (Å²) in [7, 11) is 0. The molecule has 3 aromatic carbocycles. The van der Waals surface area contributed by atoms with E-state index in [9.17, 15) is 4.79 Å². The van der Waals surface area contributed by atoms with Crippen LogP contribution in [0, 0.1) is 0 Å². The fraction of sp³-hybridized carbons (Fsp3) is 0.0435. The highest BCUT2D eigenvalue weighted by Crippen LogP contribution is 2.32. The first-order chi connectivity index (χ1) is 14.6. The molecule has 1 heterocycles. The smallest absolute Gasteiger partial charge is 0.267 e.